The van der Waals surface area contributed by atoms with Gasteiger partial charge in [-0.1, -0.05) is 26.8 Å². The van der Waals surface area contributed by atoms with Gasteiger partial charge >= 0.3 is 5.97 Å². The van der Waals surface area contributed by atoms with Crippen molar-refractivity contribution in [2.45, 2.75) is 82.6 Å². The second-order valence-corrected chi connectivity index (χ2v) is 10.8. The normalized spacial score (nSPS) is 58.8. The van der Waals surface area contributed by atoms with Gasteiger partial charge in [0.2, 0.25) is 0 Å². The Morgan fingerprint density at radius 1 is 1.28 bits per heavy atom. The maximum absolute atomic E-state index is 13.0. The van der Waals surface area contributed by atoms with E-state index in [0.29, 0.717) is 12.0 Å². The molecule has 7 heteroatoms. The molecule has 1 heterocycles. The summed E-state index contributed by atoms with van der Waals surface area (Å²) in [6, 6.07) is 0. The van der Waals surface area contributed by atoms with Crippen LogP contribution in [0.1, 0.15) is 48.0 Å². The molecule has 4 fully saturated rings. The number of hydrogen-bond donors (Lipinski definition) is 3. The molecule has 0 bridgehead atoms. The first-order valence-electron chi connectivity index (χ1n) is 10.4. The van der Waals surface area contributed by atoms with Gasteiger partial charge in [-0.05, 0) is 31.8 Å². The van der Waals surface area contributed by atoms with Crippen LogP contribution >= 0.6 is 0 Å². The number of epoxide rings is 1. The molecule has 1 saturated heterocycles. The Bertz CT molecular complexity index is 878. The summed E-state index contributed by atoms with van der Waals surface area (Å²) in [5.41, 5.74) is -5.55. The maximum atomic E-state index is 13.0. The Hall–Kier alpha value is -1.28. The van der Waals surface area contributed by atoms with Crippen LogP contribution in [0.5, 0.6) is 0 Å². The summed E-state index contributed by atoms with van der Waals surface area (Å²) in [4.78, 5) is 24.9. The third-order valence-electron chi connectivity index (χ3n) is 9.19. The predicted octanol–water partition coefficient (Wildman–Crippen LogP) is 0.740. The Morgan fingerprint density at radius 2 is 1.90 bits per heavy atom. The van der Waals surface area contributed by atoms with E-state index in [9.17, 15) is 24.9 Å². The zero-order valence-corrected chi connectivity index (χ0v) is 17.7. The highest BCUT2D eigenvalue weighted by molar-refractivity contribution is 6.05. The standard InChI is InChI=1S/C22H30O7/c1-9-7-12-21(26)10(2)8-20(28-11(3)23)14(18(20,4)5)13(21)16-19(6,29-16)17(25)22(12,27)15(9)24/h7,10,12-14,16-17,25-27H,8H2,1-6H3/t10-,12+,13-,14+,16+,17-,19+,20+,21+,22-/m1/s1. The van der Waals surface area contributed by atoms with Crippen LogP contribution in [-0.2, 0) is 19.1 Å². The fourth-order valence-electron chi connectivity index (χ4n) is 7.64. The van der Waals surface area contributed by atoms with Crippen molar-refractivity contribution in [3.8, 4) is 0 Å². The summed E-state index contributed by atoms with van der Waals surface area (Å²) < 4.78 is 11.8. The number of hydrogen-bond acceptors (Lipinski definition) is 7. The average molecular weight is 406 g/mol. The van der Waals surface area contributed by atoms with E-state index in [4.69, 9.17) is 9.47 Å². The summed E-state index contributed by atoms with van der Waals surface area (Å²) in [6.45, 7) is 10.6. The van der Waals surface area contributed by atoms with Gasteiger partial charge in [-0.3, -0.25) is 9.59 Å². The lowest BCUT2D eigenvalue weighted by atomic mass is 9.59. The molecule has 5 rings (SSSR count). The fraction of sp³-hybridized carbons (Fsp3) is 0.818. The number of ether oxygens (including phenoxy) is 2. The highest BCUT2D eigenvalue weighted by Gasteiger charge is 2.89. The molecular formula is C22H30O7. The quantitative estimate of drug-likeness (QED) is 0.434. The van der Waals surface area contributed by atoms with Crippen LogP contribution in [0.2, 0.25) is 0 Å². The van der Waals surface area contributed by atoms with E-state index in [2.05, 4.69) is 0 Å². The van der Waals surface area contributed by atoms with Crippen molar-refractivity contribution in [2.24, 2.45) is 29.1 Å². The number of esters is 1. The van der Waals surface area contributed by atoms with Crippen LogP contribution in [0.3, 0.4) is 0 Å². The van der Waals surface area contributed by atoms with Gasteiger partial charge in [-0.2, -0.15) is 0 Å². The summed E-state index contributed by atoms with van der Waals surface area (Å²) in [5, 5.41) is 34.9. The van der Waals surface area contributed by atoms with Gasteiger partial charge in [0.1, 0.15) is 17.3 Å². The van der Waals surface area contributed by atoms with E-state index in [-0.39, 0.29) is 11.9 Å². The largest absolute Gasteiger partial charge is 0.458 e. The number of rotatable bonds is 1. The lowest BCUT2D eigenvalue weighted by molar-refractivity contribution is -0.213. The first-order valence-corrected chi connectivity index (χ1v) is 10.4. The van der Waals surface area contributed by atoms with E-state index in [1.165, 1.54) is 6.92 Å². The summed E-state index contributed by atoms with van der Waals surface area (Å²) in [7, 11) is 0. The molecule has 0 amide bonds. The Labute approximate surface area is 170 Å². The van der Waals surface area contributed by atoms with E-state index in [1.807, 2.05) is 20.8 Å². The number of carbonyl (C=O) groups is 2. The first-order chi connectivity index (χ1) is 13.2. The molecule has 7 nitrogen and oxygen atoms in total. The van der Waals surface area contributed by atoms with Gasteiger partial charge in [0, 0.05) is 30.1 Å². The second kappa shape index (κ2) is 4.96. The minimum atomic E-state index is -2.13. The van der Waals surface area contributed by atoms with Crippen molar-refractivity contribution >= 4 is 11.8 Å². The number of Topliss-reactive ketones (excluding diaryl/α,β-unsaturated/α-hetero) is 1. The Balaban J connectivity index is 1.72. The topological polar surface area (TPSA) is 117 Å². The van der Waals surface area contributed by atoms with Gasteiger partial charge in [-0.25, -0.2) is 0 Å². The van der Waals surface area contributed by atoms with E-state index in [1.54, 1.807) is 19.9 Å². The average Bonchev–Trinajstić information content (AvgIpc) is 3.38. The number of aliphatic hydroxyl groups excluding tert-OH is 1. The lowest BCUT2D eigenvalue weighted by Gasteiger charge is -2.51. The fourth-order valence-corrected chi connectivity index (χ4v) is 7.64. The molecular weight excluding hydrogens is 376 g/mol. The third-order valence-corrected chi connectivity index (χ3v) is 9.19. The van der Waals surface area contributed by atoms with Crippen LogP contribution in [0.4, 0.5) is 0 Å². The molecule has 3 saturated carbocycles. The second-order valence-electron chi connectivity index (χ2n) is 10.8. The van der Waals surface area contributed by atoms with Crippen molar-refractivity contribution in [2.75, 3.05) is 0 Å². The SMILES string of the molecule is CC(=O)O[C@@]12C[C@@H](C)[C@@]3(O)[C@@H]([C@@H]4O[C@]4(C)[C@@H](O)[C@]4(O)C(=O)C(C)=C[C@H]43)[C@H]1C2(C)C. The number of ketones is 1. The molecule has 0 aromatic rings. The van der Waals surface area contributed by atoms with Crippen LogP contribution in [0.15, 0.2) is 11.6 Å². The maximum Gasteiger partial charge on any atom is 0.303 e. The first kappa shape index (κ1) is 19.7. The van der Waals surface area contributed by atoms with Crippen LogP contribution < -0.4 is 0 Å². The van der Waals surface area contributed by atoms with Crippen molar-refractivity contribution in [1.29, 1.82) is 0 Å². The number of carbonyl (C=O) groups excluding carboxylic acids is 2. The monoisotopic (exact) mass is 406 g/mol. The zero-order valence-electron chi connectivity index (χ0n) is 17.7. The van der Waals surface area contributed by atoms with E-state index in [0.717, 1.165) is 0 Å². The predicted molar refractivity (Wildman–Crippen MR) is 100 cm³/mol. The van der Waals surface area contributed by atoms with Crippen molar-refractivity contribution < 1.29 is 34.4 Å². The number of fused-ring (bicyclic) bond motifs is 7. The smallest absolute Gasteiger partial charge is 0.303 e. The molecule has 4 aliphatic carbocycles. The highest BCUT2D eigenvalue weighted by atomic mass is 16.6. The van der Waals surface area contributed by atoms with Gasteiger partial charge < -0.3 is 24.8 Å². The van der Waals surface area contributed by atoms with E-state index >= 15 is 0 Å². The molecule has 0 aromatic heterocycles. The molecule has 0 radical (unpaired) electrons. The summed E-state index contributed by atoms with van der Waals surface area (Å²) in [5.74, 6) is -2.96. The lowest BCUT2D eigenvalue weighted by Crippen LogP contribution is -2.65. The molecule has 29 heavy (non-hydrogen) atoms. The molecule has 3 N–H and O–H groups in total. The van der Waals surface area contributed by atoms with Gasteiger partial charge in [0.15, 0.2) is 11.4 Å². The molecule has 10 atom stereocenters. The van der Waals surface area contributed by atoms with Gasteiger partial charge in [0.05, 0.1) is 11.7 Å². The van der Waals surface area contributed by atoms with Crippen molar-refractivity contribution in [3.63, 3.8) is 0 Å². The summed E-state index contributed by atoms with van der Waals surface area (Å²) in [6.07, 6.45) is 0.0445. The molecule has 0 aromatic carbocycles. The Kier molecular flexibility index (Phi) is 3.36. The molecule has 160 valence electrons. The zero-order chi connectivity index (χ0) is 21.5. The van der Waals surface area contributed by atoms with Crippen molar-refractivity contribution in [1.82, 2.24) is 0 Å². The van der Waals surface area contributed by atoms with E-state index < -0.39 is 63.6 Å². The highest BCUT2D eigenvalue weighted by Crippen LogP contribution is 2.79. The molecule has 0 spiro atoms. The van der Waals surface area contributed by atoms with Crippen LogP contribution in [0, 0.1) is 29.1 Å². The molecule has 0 unspecified atom stereocenters. The summed E-state index contributed by atoms with van der Waals surface area (Å²) >= 11 is 0. The minimum absolute atomic E-state index is 0.203. The number of aliphatic hydroxyl groups is 3. The van der Waals surface area contributed by atoms with Gasteiger partial charge in [-0.15, -0.1) is 0 Å². The molecule has 1 aliphatic heterocycles. The van der Waals surface area contributed by atoms with Crippen molar-refractivity contribution in [3.05, 3.63) is 11.6 Å². The van der Waals surface area contributed by atoms with Crippen LogP contribution in [0.25, 0.3) is 0 Å². The van der Waals surface area contributed by atoms with Crippen LogP contribution in [-0.4, -0.2) is 61.7 Å². The minimum Gasteiger partial charge on any atom is -0.458 e. The molecule has 5 aliphatic rings. The third kappa shape index (κ3) is 1.82. The van der Waals surface area contributed by atoms with Gasteiger partial charge in [0.25, 0.3) is 0 Å². The Morgan fingerprint density at radius 3 is 2.48 bits per heavy atom.